The summed E-state index contributed by atoms with van der Waals surface area (Å²) in [7, 11) is 0. The molecule has 0 spiro atoms. The fraction of sp³-hybridized carbons (Fsp3) is 0.556. The van der Waals surface area contributed by atoms with E-state index in [2.05, 4.69) is 5.32 Å². The lowest BCUT2D eigenvalue weighted by Gasteiger charge is -2.23. The Morgan fingerprint density at radius 3 is 2.38 bits per heavy atom. The number of rotatable bonds is 5. The molecule has 2 aliphatic rings. The molecule has 5 nitrogen and oxygen atoms in total. The number of carbonyl (C=O) groups is 2. The monoisotopic (exact) mass is 351 g/mol. The van der Waals surface area contributed by atoms with E-state index in [-0.39, 0.29) is 24.2 Å². The van der Waals surface area contributed by atoms with Crippen molar-refractivity contribution < 1.29 is 9.59 Å². The summed E-state index contributed by atoms with van der Waals surface area (Å²) in [5, 5.41) is 3.39. The van der Waals surface area contributed by atoms with Crippen LogP contribution in [0.15, 0.2) is 30.3 Å². The maximum absolute atomic E-state index is 12.4. The van der Waals surface area contributed by atoms with Crippen LogP contribution in [0.1, 0.15) is 18.9 Å². The molecule has 3 rings (SSSR count). The van der Waals surface area contributed by atoms with Crippen LogP contribution in [0.4, 0.5) is 0 Å². The molecule has 0 aliphatic carbocycles. The molecule has 6 heteroatoms. The molecule has 1 N–H and O–H groups in total. The summed E-state index contributed by atoms with van der Waals surface area (Å²) in [6.07, 6.45) is 0.416. The largest absolute Gasteiger partial charge is 0.342 e. The lowest BCUT2D eigenvalue weighted by molar-refractivity contribution is -0.133. The van der Waals surface area contributed by atoms with Gasteiger partial charge in [0.2, 0.25) is 11.8 Å². The second-order valence-electron chi connectivity index (χ2n) is 6.65. The Morgan fingerprint density at radius 1 is 1.17 bits per heavy atom. The first-order chi connectivity index (χ1) is 11.1. The van der Waals surface area contributed by atoms with Crippen LogP contribution in [0, 0.1) is 11.8 Å². The third-order valence-electron chi connectivity index (χ3n) is 5.00. The Labute approximate surface area is 149 Å². The highest BCUT2D eigenvalue weighted by molar-refractivity contribution is 5.85. The third-order valence-corrected chi connectivity index (χ3v) is 5.00. The molecule has 132 valence electrons. The molecule has 2 amide bonds. The summed E-state index contributed by atoms with van der Waals surface area (Å²) >= 11 is 0. The van der Waals surface area contributed by atoms with Crippen molar-refractivity contribution in [3.05, 3.63) is 35.9 Å². The van der Waals surface area contributed by atoms with Gasteiger partial charge in [0.05, 0.1) is 0 Å². The minimum Gasteiger partial charge on any atom is -0.342 e. The van der Waals surface area contributed by atoms with Crippen LogP contribution in [0.3, 0.4) is 0 Å². The van der Waals surface area contributed by atoms with E-state index in [1.165, 1.54) is 0 Å². The van der Waals surface area contributed by atoms with E-state index in [1.54, 1.807) is 11.8 Å². The standard InChI is InChI=1S/C18H25N3O2.ClH/c1-14(22)20(11-15-5-3-2-4-6-15)8-7-18(23)21-12-16-9-19-10-17(16)13-21;/h2-6,16-17,19H,7-13H2,1H3;1H/t16-,17+;. The zero-order valence-electron chi connectivity index (χ0n) is 14.1. The highest BCUT2D eigenvalue weighted by Gasteiger charge is 2.37. The number of amides is 2. The molecule has 0 unspecified atom stereocenters. The normalized spacial score (nSPS) is 22.0. The Bertz CT molecular complexity index is 555. The molecule has 2 atom stereocenters. The molecule has 0 bridgehead atoms. The second-order valence-corrected chi connectivity index (χ2v) is 6.65. The predicted molar refractivity (Wildman–Crippen MR) is 95.8 cm³/mol. The number of likely N-dealkylation sites (tertiary alicyclic amines) is 1. The van der Waals surface area contributed by atoms with Gasteiger partial charge in [-0.2, -0.15) is 0 Å². The molecule has 0 radical (unpaired) electrons. The van der Waals surface area contributed by atoms with Gasteiger partial charge in [0, 0.05) is 52.6 Å². The molecular weight excluding hydrogens is 326 g/mol. The van der Waals surface area contributed by atoms with E-state index in [9.17, 15) is 9.59 Å². The Hall–Kier alpha value is -1.59. The van der Waals surface area contributed by atoms with Crippen molar-refractivity contribution in [3.8, 4) is 0 Å². The SMILES string of the molecule is CC(=O)N(CCC(=O)N1C[C@H]2CNC[C@H]2C1)Cc1ccccc1.Cl. The topological polar surface area (TPSA) is 52.7 Å². The van der Waals surface area contributed by atoms with Gasteiger partial charge in [0.25, 0.3) is 0 Å². The lowest BCUT2D eigenvalue weighted by atomic mass is 10.0. The van der Waals surface area contributed by atoms with E-state index in [0.717, 1.165) is 31.7 Å². The highest BCUT2D eigenvalue weighted by Crippen LogP contribution is 2.26. The fourth-order valence-corrected chi connectivity index (χ4v) is 3.60. The average molecular weight is 352 g/mol. The molecule has 1 aromatic carbocycles. The molecule has 0 aromatic heterocycles. The number of carbonyl (C=O) groups excluding carboxylic acids is 2. The van der Waals surface area contributed by atoms with Gasteiger partial charge in [-0.05, 0) is 17.4 Å². The van der Waals surface area contributed by atoms with Crippen molar-refractivity contribution in [2.45, 2.75) is 19.9 Å². The van der Waals surface area contributed by atoms with Crippen molar-refractivity contribution in [2.24, 2.45) is 11.8 Å². The smallest absolute Gasteiger partial charge is 0.224 e. The first kappa shape index (κ1) is 18.7. The molecule has 1 aromatic rings. The van der Waals surface area contributed by atoms with Gasteiger partial charge in [-0.15, -0.1) is 12.4 Å². The molecule has 2 aliphatic heterocycles. The molecule has 2 fully saturated rings. The van der Waals surface area contributed by atoms with Crippen LogP contribution in [-0.2, 0) is 16.1 Å². The number of halogens is 1. The summed E-state index contributed by atoms with van der Waals surface area (Å²) in [6.45, 7) is 6.43. The summed E-state index contributed by atoms with van der Waals surface area (Å²) in [5.74, 6) is 1.43. The molecule has 0 saturated carbocycles. The third kappa shape index (κ3) is 4.48. The number of fused-ring (bicyclic) bond motifs is 1. The quantitative estimate of drug-likeness (QED) is 0.875. The van der Waals surface area contributed by atoms with Gasteiger partial charge < -0.3 is 15.1 Å². The number of nitrogens with one attached hydrogen (secondary N) is 1. The Kier molecular flexibility index (Phi) is 6.63. The van der Waals surface area contributed by atoms with E-state index >= 15 is 0 Å². The number of hydrogen-bond donors (Lipinski definition) is 1. The van der Waals surface area contributed by atoms with Crippen molar-refractivity contribution in [1.29, 1.82) is 0 Å². The van der Waals surface area contributed by atoms with Crippen molar-refractivity contribution >= 4 is 24.2 Å². The van der Waals surface area contributed by atoms with Crippen LogP contribution >= 0.6 is 12.4 Å². The van der Waals surface area contributed by atoms with E-state index in [4.69, 9.17) is 0 Å². The van der Waals surface area contributed by atoms with Crippen LogP contribution in [0.2, 0.25) is 0 Å². The zero-order valence-corrected chi connectivity index (χ0v) is 14.9. The summed E-state index contributed by atoms with van der Waals surface area (Å²) in [4.78, 5) is 28.0. The Balaban J connectivity index is 0.00000208. The zero-order chi connectivity index (χ0) is 16.2. The fourth-order valence-electron chi connectivity index (χ4n) is 3.60. The van der Waals surface area contributed by atoms with Gasteiger partial charge in [-0.3, -0.25) is 9.59 Å². The summed E-state index contributed by atoms with van der Waals surface area (Å²) < 4.78 is 0. The maximum atomic E-state index is 12.4. The van der Waals surface area contributed by atoms with Crippen LogP contribution in [0.25, 0.3) is 0 Å². The van der Waals surface area contributed by atoms with Crippen molar-refractivity contribution in [1.82, 2.24) is 15.1 Å². The van der Waals surface area contributed by atoms with Crippen molar-refractivity contribution in [3.63, 3.8) is 0 Å². The molecule has 2 saturated heterocycles. The minimum atomic E-state index is 0. The summed E-state index contributed by atoms with van der Waals surface area (Å²) in [5.41, 5.74) is 1.09. The van der Waals surface area contributed by atoms with E-state index in [0.29, 0.717) is 31.3 Å². The van der Waals surface area contributed by atoms with E-state index in [1.807, 2.05) is 35.2 Å². The molecule has 24 heavy (non-hydrogen) atoms. The number of benzene rings is 1. The van der Waals surface area contributed by atoms with Crippen LogP contribution in [0.5, 0.6) is 0 Å². The second kappa shape index (κ2) is 8.49. The minimum absolute atomic E-state index is 0. The lowest BCUT2D eigenvalue weighted by Crippen LogP contribution is -2.36. The van der Waals surface area contributed by atoms with Gasteiger partial charge in [0.1, 0.15) is 0 Å². The maximum Gasteiger partial charge on any atom is 0.224 e. The number of hydrogen-bond acceptors (Lipinski definition) is 3. The van der Waals surface area contributed by atoms with Gasteiger partial charge in [0.15, 0.2) is 0 Å². The van der Waals surface area contributed by atoms with Crippen LogP contribution < -0.4 is 5.32 Å². The van der Waals surface area contributed by atoms with Gasteiger partial charge in [-0.25, -0.2) is 0 Å². The summed E-state index contributed by atoms with van der Waals surface area (Å²) in [6, 6.07) is 9.91. The molecule has 2 heterocycles. The number of nitrogens with zero attached hydrogens (tertiary/aromatic N) is 2. The van der Waals surface area contributed by atoms with Crippen molar-refractivity contribution in [2.75, 3.05) is 32.7 Å². The highest BCUT2D eigenvalue weighted by atomic mass is 35.5. The van der Waals surface area contributed by atoms with Gasteiger partial charge >= 0.3 is 0 Å². The first-order valence-electron chi connectivity index (χ1n) is 8.41. The van der Waals surface area contributed by atoms with Crippen LogP contribution in [-0.4, -0.2) is 54.3 Å². The average Bonchev–Trinajstić information content (AvgIpc) is 3.13. The van der Waals surface area contributed by atoms with Gasteiger partial charge in [-0.1, -0.05) is 30.3 Å². The predicted octanol–water partition coefficient (Wildman–Crippen LogP) is 1.52. The van der Waals surface area contributed by atoms with E-state index < -0.39 is 0 Å². The molecular formula is C18H26ClN3O2. The first-order valence-corrected chi connectivity index (χ1v) is 8.41. The Morgan fingerprint density at radius 2 is 1.79 bits per heavy atom.